The molecule has 0 radical (unpaired) electrons. The molecule has 0 N–H and O–H groups in total. The lowest BCUT2D eigenvalue weighted by atomic mass is 10.1. The number of rotatable bonds is 5. The second-order valence-corrected chi connectivity index (χ2v) is 6.53. The Hall–Kier alpha value is -1.82. The van der Waals surface area contributed by atoms with Gasteiger partial charge in [-0.1, -0.05) is 6.92 Å². The van der Waals surface area contributed by atoms with E-state index in [2.05, 4.69) is 4.98 Å². The van der Waals surface area contributed by atoms with Crippen LogP contribution >= 0.6 is 0 Å². The van der Waals surface area contributed by atoms with Crippen LogP contribution in [0, 0.1) is 13.8 Å². The molecule has 6 heteroatoms. The van der Waals surface area contributed by atoms with Crippen LogP contribution in [0.5, 0.6) is 5.75 Å². The molecule has 5 nitrogen and oxygen atoms in total. The Balaban J connectivity index is 2.59. The Morgan fingerprint density at radius 3 is 2.52 bits per heavy atom. The standard InChI is InChI=1S/C15H20N2O3S/c1-5-15-16-9-10-17(15)21(18,19)14-8-7-13(20-6-2)11(3)12(14)4/h7-10H,5-6H2,1-4H3. The van der Waals surface area contributed by atoms with Crippen molar-refractivity contribution in [2.45, 2.75) is 39.0 Å². The fourth-order valence-electron chi connectivity index (χ4n) is 2.26. The summed E-state index contributed by atoms with van der Waals surface area (Å²) in [6.45, 7) is 8.00. The van der Waals surface area contributed by atoms with Gasteiger partial charge in [-0.25, -0.2) is 17.4 Å². The molecule has 114 valence electrons. The summed E-state index contributed by atoms with van der Waals surface area (Å²) in [7, 11) is -3.62. The van der Waals surface area contributed by atoms with Gasteiger partial charge in [0.25, 0.3) is 10.0 Å². The van der Waals surface area contributed by atoms with Crippen LogP contribution in [-0.4, -0.2) is 24.0 Å². The Labute approximate surface area is 125 Å². The first-order chi connectivity index (χ1) is 9.93. The van der Waals surface area contributed by atoms with Crippen molar-refractivity contribution in [3.05, 3.63) is 41.5 Å². The van der Waals surface area contributed by atoms with E-state index >= 15 is 0 Å². The van der Waals surface area contributed by atoms with Gasteiger partial charge < -0.3 is 4.74 Å². The lowest BCUT2D eigenvalue weighted by Gasteiger charge is -2.15. The molecule has 1 aromatic heterocycles. The van der Waals surface area contributed by atoms with Crippen molar-refractivity contribution in [2.75, 3.05) is 6.61 Å². The predicted octanol–water partition coefficient (Wildman–Crippen LogP) is 2.70. The Kier molecular flexibility index (Phi) is 4.37. The summed E-state index contributed by atoms with van der Waals surface area (Å²) >= 11 is 0. The van der Waals surface area contributed by atoms with E-state index in [1.165, 1.54) is 16.4 Å². The number of aryl methyl sites for hydroxylation is 1. The van der Waals surface area contributed by atoms with Gasteiger partial charge in [0.05, 0.1) is 11.5 Å². The summed E-state index contributed by atoms with van der Waals surface area (Å²) in [5.41, 5.74) is 1.55. The molecule has 0 fully saturated rings. The third-order valence-corrected chi connectivity index (χ3v) is 5.37. The molecule has 0 saturated carbocycles. The van der Waals surface area contributed by atoms with E-state index in [0.29, 0.717) is 24.4 Å². The molecular weight excluding hydrogens is 288 g/mol. The van der Waals surface area contributed by atoms with Crippen LogP contribution in [0.3, 0.4) is 0 Å². The maximum atomic E-state index is 12.8. The van der Waals surface area contributed by atoms with Gasteiger partial charge in [0.1, 0.15) is 11.6 Å². The second-order valence-electron chi connectivity index (χ2n) is 4.74. The molecule has 0 amide bonds. The van der Waals surface area contributed by atoms with Gasteiger partial charge in [-0.3, -0.25) is 0 Å². The average molecular weight is 308 g/mol. The number of ether oxygens (including phenoxy) is 1. The SMILES string of the molecule is CCOc1ccc(S(=O)(=O)n2ccnc2CC)c(C)c1C. The van der Waals surface area contributed by atoms with Crippen LogP contribution in [0.4, 0.5) is 0 Å². The Morgan fingerprint density at radius 2 is 1.90 bits per heavy atom. The van der Waals surface area contributed by atoms with Crippen molar-refractivity contribution in [1.29, 1.82) is 0 Å². The van der Waals surface area contributed by atoms with Crippen LogP contribution in [-0.2, 0) is 16.4 Å². The molecule has 2 rings (SSSR count). The van der Waals surface area contributed by atoms with Gasteiger partial charge in [-0.15, -0.1) is 0 Å². The van der Waals surface area contributed by atoms with Crippen LogP contribution in [0.25, 0.3) is 0 Å². The molecule has 0 saturated heterocycles. The zero-order valence-electron chi connectivity index (χ0n) is 12.8. The van der Waals surface area contributed by atoms with E-state index in [9.17, 15) is 8.42 Å². The van der Waals surface area contributed by atoms with E-state index in [1.54, 1.807) is 19.1 Å². The van der Waals surface area contributed by atoms with Crippen LogP contribution in [0.1, 0.15) is 30.8 Å². The first kappa shape index (κ1) is 15.6. The third-order valence-electron chi connectivity index (χ3n) is 3.52. The quantitative estimate of drug-likeness (QED) is 0.852. The minimum absolute atomic E-state index is 0.288. The van der Waals surface area contributed by atoms with Crippen molar-refractivity contribution in [1.82, 2.24) is 8.96 Å². The smallest absolute Gasteiger partial charge is 0.269 e. The largest absolute Gasteiger partial charge is 0.494 e. The first-order valence-corrected chi connectivity index (χ1v) is 8.38. The summed E-state index contributed by atoms with van der Waals surface area (Å²) < 4.78 is 32.3. The number of aromatic nitrogens is 2. The van der Waals surface area contributed by atoms with Crippen LogP contribution in [0.15, 0.2) is 29.4 Å². The maximum Gasteiger partial charge on any atom is 0.269 e. The second kappa shape index (κ2) is 5.89. The molecule has 1 heterocycles. The number of nitrogens with zero attached hydrogens (tertiary/aromatic N) is 2. The number of hydrogen-bond acceptors (Lipinski definition) is 4. The normalized spacial score (nSPS) is 11.6. The lowest BCUT2D eigenvalue weighted by molar-refractivity contribution is 0.337. The van der Waals surface area contributed by atoms with Gasteiger partial charge >= 0.3 is 0 Å². The zero-order chi connectivity index (χ0) is 15.6. The first-order valence-electron chi connectivity index (χ1n) is 6.94. The summed E-state index contributed by atoms with van der Waals surface area (Å²) in [6, 6.07) is 3.31. The maximum absolute atomic E-state index is 12.8. The van der Waals surface area contributed by atoms with Crippen molar-refractivity contribution in [3.63, 3.8) is 0 Å². The molecule has 0 aliphatic rings. The number of hydrogen-bond donors (Lipinski definition) is 0. The molecule has 0 bridgehead atoms. The van der Waals surface area contributed by atoms with E-state index in [0.717, 1.165) is 11.3 Å². The summed E-state index contributed by atoms with van der Waals surface area (Å²) in [6.07, 6.45) is 3.55. The Morgan fingerprint density at radius 1 is 1.19 bits per heavy atom. The van der Waals surface area contributed by atoms with Crippen LogP contribution in [0.2, 0.25) is 0 Å². The summed E-state index contributed by atoms with van der Waals surface area (Å²) in [5.74, 6) is 1.25. The summed E-state index contributed by atoms with van der Waals surface area (Å²) in [4.78, 5) is 4.37. The molecule has 0 aliphatic carbocycles. The lowest BCUT2D eigenvalue weighted by Crippen LogP contribution is -2.16. The third kappa shape index (κ3) is 2.68. The zero-order valence-corrected chi connectivity index (χ0v) is 13.6. The van der Waals surface area contributed by atoms with Crippen LogP contribution < -0.4 is 4.74 Å². The van der Waals surface area contributed by atoms with Gasteiger partial charge in [0, 0.05) is 18.8 Å². The molecule has 0 unspecified atom stereocenters. The molecule has 21 heavy (non-hydrogen) atoms. The van der Waals surface area contributed by atoms with Crippen molar-refractivity contribution < 1.29 is 13.2 Å². The molecule has 0 aliphatic heterocycles. The van der Waals surface area contributed by atoms with Crippen molar-refractivity contribution in [3.8, 4) is 5.75 Å². The molecular formula is C15H20N2O3S. The van der Waals surface area contributed by atoms with E-state index in [-0.39, 0.29) is 4.90 Å². The highest BCUT2D eigenvalue weighted by molar-refractivity contribution is 7.90. The highest BCUT2D eigenvalue weighted by Gasteiger charge is 2.23. The minimum atomic E-state index is -3.62. The van der Waals surface area contributed by atoms with Gasteiger partial charge in [-0.2, -0.15) is 0 Å². The highest BCUT2D eigenvalue weighted by Crippen LogP contribution is 2.28. The van der Waals surface area contributed by atoms with E-state index in [1.807, 2.05) is 20.8 Å². The molecule has 1 aromatic carbocycles. The average Bonchev–Trinajstić information content (AvgIpc) is 2.93. The fourth-order valence-corrected chi connectivity index (χ4v) is 3.92. The van der Waals surface area contributed by atoms with Crippen molar-refractivity contribution >= 4 is 10.0 Å². The van der Waals surface area contributed by atoms with E-state index in [4.69, 9.17) is 4.74 Å². The monoisotopic (exact) mass is 308 g/mol. The predicted molar refractivity (Wildman–Crippen MR) is 81.3 cm³/mol. The minimum Gasteiger partial charge on any atom is -0.494 e. The molecule has 0 atom stereocenters. The number of benzene rings is 1. The molecule has 2 aromatic rings. The Bertz CT molecular complexity index is 748. The number of imidazole rings is 1. The van der Waals surface area contributed by atoms with Gasteiger partial charge in [0.2, 0.25) is 0 Å². The topological polar surface area (TPSA) is 61.2 Å². The van der Waals surface area contributed by atoms with E-state index < -0.39 is 10.0 Å². The van der Waals surface area contributed by atoms with Crippen molar-refractivity contribution in [2.24, 2.45) is 0 Å². The fraction of sp³-hybridized carbons (Fsp3) is 0.400. The van der Waals surface area contributed by atoms with Gasteiger partial charge in [-0.05, 0) is 44.0 Å². The highest BCUT2D eigenvalue weighted by atomic mass is 32.2. The van der Waals surface area contributed by atoms with Gasteiger partial charge in [0.15, 0.2) is 0 Å². The summed E-state index contributed by atoms with van der Waals surface area (Å²) in [5, 5.41) is 0. The molecule has 0 spiro atoms.